The molecule has 1 heterocycles. The number of halogens is 2. The molecule has 1 rings (SSSR count). The molecule has 8 heteroatoms. The number of hydrogen-bond acceptors (Lipinski definition) is 4. The molecule has 0 saturated carbocycles. The maximum absolute atomic E-state index is 12.0. The van der Waals surface area contributed by atoms with Crippen molar-refractivity contribution in [1.29, 1.82) is 0 Å². The fourth-order valence-electron chi connectivity index (χ4n) is 1.15. The molecule has 4 nitrogen and oxygen atoms in total. The summed E-state index contributed by atoms with van der Waals surface area (Å²) in [5, 5.41) is 0. The zero-order valence-corrected chi connectivity index (χ0v) is 13.3. The Labute approximate surface area is 118 Å². The monoisotopic (exact) mass is 361 g/mol. The van der Waals surface area contributed by atoms with E-state index in [0.717, 1.165) is 9.35 Å². The molecule has 0 spiro atoms. The van der Waals surface area contributed by atoms with Crippen LogP contribution in [-0.4, -0.2) is 34.1 Å². The van der Waals surface area contributed by atoms with Crippen LogP contribution >= 0.6 is 38.9 Å². The summed E-state index contributed by atoms with van der Waals surface area (Å²) in [5.41, 5.74) is 0.893. The van der Waals surface area contributed by atoms with Crippen molar-refractivity contribution in [1.82, 2.24) is 4.72 Å². The van der Waals surface area contributed by atoms with Crippen molar-refractivity contribution in [2.45, 2.75) is 17.2 Å². The molecule has 0 saturated heterocycles. The Kier molecular flexibility index (Phi) is 5.88. The van der Waals surface area contributed by atoms with Crippen LogP contribution in [0.5, 0.6) is 0 Å². The van der Waals surface area contributed by atoms with Crippen molar-refractivity contribution in [3.63, 3.8) is 0 Å². The fourth-order valence-corrected chi connectivity index (χ4v) is 4.87. The van der Waals surface area contributed by atoms with Gasteiger partial charge in [0.1, 0.15) is 4.21 Å². The van der Waals surface area contributed by atoms with E-state index in [2.05, 4.69) is 20.7 Å². The van der Waals surface area contributed by atoms with Crippen molar-refractivity contribution < 1.29 is 13.2 Å². The van der Waals surface area contributed by atoms with E-state index in [-0.39, 0.29) is 16.7 Å². The first kappa shape index (κ1) is 15.4. The van der Waals surface area contributed by atoms with E-state index in [1.165, 1.54) is 18.4 Å². The van der Waals surface area contributed by atoms with Gasteiger partial charge in [0.25, 0.3) is 0 Å². The summed E-state index contributed by atoms with van der Waals surface area (Å²) in [7, 11) is -2.02. The topological polar surface area (TPSA) is 55.4 Å². The molecule has 0 bridgehead atoms. The number of hydrogen-bond donors (Lipinski definition) is 1. The van der Waals surface area contributed by atoms with Crippen molar-refractivity contribution in [3.8, 4) is 0 Å². The van der Waals surface area contributed by atoms with Crippen molar-refractivity contribution in [3.05, 3.63) is 15.4 Å². The molecule has 1 unspecified atom stereocenters. The smallest absolute Gasteiger partial charge is 0.250 e. The lowest BCUT2D eigenvalue weighted by molar-refractivity contribution is 0.181. The largest absolute Gasteiger partial charge is 0.383 e. The minimum Gasteiger partial charge on any atom is -0.383 e. The van der Waals surface area contributed by atoms with Crippen LogP contribution in [0.25, 0.3) is 0 Å². The van der Waals surface area contributed by atoms with Crippen LogP contribution in [0.2, 0.25) is 0 Å². The molecule has 0 radical (unpaired) electrons. The maximum Gasteiger partial charge on any atom is 0.250 e. The van der Waals surface area contributed by atoms with E-state index >= 15 is 0 Å². The molecule has 0 fully saturated rings. The van der Waals surface area contributed by atoms with Crippen LogP contribution in [0, 0.1) is 6.92 Å². The quantitative estimate of drug-likeness (QED) is 0.790. The van der Waals surface area contributed by atoms with Crippen LogP contribution < -0.4 is 4.72 Å². The zero-order valence-electron chi connectivity index (χ0n) is 9.37. The summed E-state index contributed by atoms with van der Waals surface area (Å²) in [6.07, 6.45) is 0. The van der Waals surface area contributed by atoms with Gasteiger partial charge in [0.05, 0.1) is 16.4 Å². The predicted molar refractivity (Wildman–Crippen MR) is 73.5 cm³/mol. The molecule has 1 aromatic heterocycles. The van der Waals surface area contributed by atoms with Gasteiger partial charge in [0.15, 0.2) is 0 Å². The minimum atomic E-state index is -3.52. The number of ether oxygens (including phenoxy) is 1. The van der Waals surface area contributed by atoms with Crippen molar-refractivity contribution in [2.75, 3.05) is 19.6 Å². The van der Waals surface area contributed by atoms with Gasteiger partial charge < -0.3 is 4.74 Å². The summed E-state index contributed by atoms with van der Waals surface area (Å²) in [6.45, 7) is 2.09. The lowest BCUT2D eigenvalue weighted by atomic mass is 10.4. The second-order valence-corrected chi connectivity index (χ2v) is 8.07. The number of alkyl halides is 1. The molecular weight excluding hydrogens is 350 g/mol. The first-order chi connectivity index (χ1) is 7.90. The normalized spacial score (nSPS) is 13.9. The Morgan fingerprint density at radius 1 is 1.65 bits per heavy atom. The molecule has 0 aliphatic carbocycles. The molecule has 0 aliphatic heterocycles. The average Bonchev–Trinajstić information content (AvgIpc) is 2.59. The van der Waals surface area contributed by atoms with Gasteiger partial charge in [-0.25, -0.2) is 13.1 Å². The summed E-state index contributed by atoms with van der Waals surface area (Å²) >= 11 is 10.1. The molecular formula is C9H13BrClNO3S2. The third-order valence-electron chi connectivity index (χ3n) is 1.98. The van der Waals surface area contributed by atoms with E-state index in [9.17, 15) is 8.42 Å². The van der Waals surface area contributed by atoms with Crippen LogP contribution in [0.1, 0.15) is 5.56 Å². The molecule has 0 aliphatic rings. The number of nitrogens with one attached hydrogen (secondary N) is 1. The lowest BCUT2D eigenvalue weighted by Crippen LogP contribution is -2.38. The van der Waals surface area contributed by atoms with Gasteiger partial charge in [-0.05, 0) is 34.5 Å². The molecule has 0 amide bonds. The molecule has 1 N–H and O–H groups in total. The van der Waals surface area contributed by atoms with Gasteiger partial charge in [-0.2, -0.15) is 0 Å². The zero-order chi connectivity index (χ0) is 13.1. The van der Waals surface area contributed by atoms with Crippen LogP contribution in [0.3, 0.4) is 0 Å². The highest BCUT2D eigenvalue weighted by atomic mass is 79.9. The van der Waals surface area contributed by atoms with E-state index < -0.39 is 16.1 Å². The highest BCUT2D eigenvalue weighted by Gasteiger charge is 2.22. The highest BCUT2D eigenvalue weighted by Crippen LogP contribution is 2.30. The number of aryl methyl sites for hydroxylation is 1. The maximum atomic E-state index is 12.0. The van der Waals surface area contributed by atoms with Crippen molar-refractivity contribution in [2.24, 2.45) is 0 Å². The van der Waals surface area contributed by atoms with Crippen molar-refractivity contribution >= 4 is 48.9 Å². The fraction of sp³-hybridized carbons (Fsp3) is 0.556. The number of rotatable bonds is 6. The predicted octanol–water partition coefficient (Wildman–Crippen LogP) is 2.35. The summed E-state index contributed by atoms with van der Waals surface area (Å²) in [5.74, 6) is 0.165. The van der Waals surface area contributed by atoms with Crippen LogP contribution in [0.4, 0.5) is 0 Å². The average molecular weight is 363 g/mol. The van der Waals surface area contributed by atoms with Gasteiger partial charge >= 0.3 is 0 Å². The second-order valence-electron chi connectivity index (χ2n) is 3.45. The first-order valence-corrected chi connectivity index (χ1v) is 8.36. The number of methoxy groups -OCH3 is 1. The number of thiophene rings is 1. The SMILES string of the molecule is COCC(CCl)NS(=O)(=O)c1cc(C)c(Br)s1. The van der Waals surface area contributed by atoms with E-state index in [1.807, 2.05) is 6.92 Å². The molecule has 1 atom stereocenters. The summed E-state index contributed by atoms with van der Waals surface area (Å²) < 4.78 is 32.5. The van der Waals surface area contributed by atoms with Crippen LogP contribution in [-0.2, 0) is 14.8 Å². The Morgan fingerprint density at radius 2 is 2.29 bits per heavy atom. The van der Waals surface area contributed by atoms with Gasteiger partial charge in [-0.1, -0.05) is 0 Å². The number of sulfonamides is 1. The highest BCUT2D eigenvalue weighted by molar-refractivity contribution is 9.11. The van der Waals surface area contributed by atoms with Gasteiger partial charge in [-0.3, -0.25) is 0 Å². The standard InChI is InChI=1S/C9H13BrClNO3S2/c1-6-3-8(16-9(6)10)17(13,14)12-7(4-11)5-15-2/h3,7,12H,4-5H2,1-2H3. The van der Waals surface area contributed by atoms with Gasteiger partial charge in [0, 0.05) is 13.0 Å². The van der Waals surface area contributed by atoms with Gasteiger partial charge in [-0.15, -0.1) is 22.9 Å². The van der Waals surface area contributed by atoms with E-state index in [4.69, 9.17) is 16.3 Å². The Bertz CT molecular complexity index is 455. The first-order valence-electron chi connectivity index (χ1n) is 4.74. The van der Waals surface area contributed by atoms with E-state index in [1.54, 1.807) is 6.07 Å². The third-order valence-corrected chi connectivity index (χ3v) is 6.48. The van der Waals surface area contributed by atoms with E-state index in [0.29, 0.717) is 0 Å². The summed E-state index contributed by atoms with van der Waals surface area (Å²) in [4.78, 5) is 0. The molecule has 0 aromatic carbocycles. The second kappa shape index (κ2) is 6.49. The molecule has 98 valence electrons. The third kappa shape index (κ3) is 4.18. The Balaban J connectivity index is 2.88. The minimum absolute atomic E-state index is 0.165. The molecule has 1 aromatic rings. The van der Waals surface area contributed by atoms with Crippen LogP contribution in [0.15, 0.2) is 14.1 Å². The van der Waals surface area contributed by atoms with Gasteiger partial charge in [0.2, 0.25) is 10.0 Å². The Hall–Kier alpha value is 0.340. The lowest BCUT2D eigenvalue weighted by Gasteiger charge is -2.14. The summed E-state index contributed by atoms with van der Waals surface area (Å²) in [6, 6.07) is 1.20. The molecule has 17 heavy (non-hydrogen) atoms. The Morgan fingerprint density at radius 3 is 2.71 bits per heavy atom.